The van der Waals surface area contributed by atoms with Crippen LogP contribution in [0.4, 0.5) is 0 Å². The fourth-order valence-electron chi connectivity index (χ4n) is 2.44. The monoisotopic (exact) mass is 261 g/mol. The molecule has 0 aromatic carbocycles. The first-order chi connectivity index (χ1) is 9.24. The fraction of sp³-hybridized carbons (Fsp3) is 0.643. The van der Waals surface area contributed by atoms with Crippen molar-refractivity contribution >= 4 is 5.91 Å². The van der Waals surface area contributed by atoms with E-state index in [-0.39, 0.29) is 5.91 Å². The normalized spacial score (nSPS) is 22.5. The smallest absolute Gasteiger partial charge is 0.274 e. The third-order valence-corrected chi connectivity index (χ3v) is 3.73. The molecule has 1 saturated carbocycles. The Kier molecular flexibility index (Phi) is 3.46. The van der Waals surface area contributed by atoms with Crippen LogP contribution >= 0.6 is 0 Å². The van der Waals surface area contributed by atoms with Crippen molar-refractivity contribution in [2.24, 2.45) is 5.92 Å². The van der Waals surface area contributed by atoms with Crippen molar-refractivity contribution in [3.05, 3.63) is 23.8 Å². The Labute approximate surface area is 113 Å². The van der Waals surface area contributed by atoms with Gasteiger partial charge in [0.25, 0.3) is 5.91 Å². The summed E-state index contributed by atoms with van der Waals surface area (Å²) in [7, 11) is 0. The molecule has 2 heterocycles. The Morgan fingerprint density at radius 3 is 2.79 bits per heavy atom. The maximum atomic E-state index is 12.5. The van der Waals surface area contributed by atoms with Crippen LogP contribution < -0.4 is 0 Å². The first-order valence-electron chi connectivity index (χ1n) is 6.91. The number of amides is 1. The molecule has 1 atom stereocenters. The Balaban J connectivity index is 1.71. The van der Waals surface area contributed by atoms with Crippen LogP contribution in [0.5, 0.6) is 0 Å². The van der Waals surface area contributed by atoms with Crippen LogP contribution in [-0.4, -0.2) is 46.6 Å². The van der Waals surface area contributed by atoms with Crippen molar-refractivity contribution in [2.75, 3.05) is 19.8 Å². The van der Waals surface area contributed by atoms with E-state index in [1.807, 2.05) is 11.8 Å². The Hall–Kier alpha value is -1.49. The second-order valence-corrected chi connectivity index (χ2v) is 5.46. The third-order valence-electron chi connectivity index (χ3n) is 3.73. The van der Waals surface area contributed by atoms with Crippen molar-refractivity contribution in [1.29, 1.82) is 0 Å². The number of carbonyl (C=O) groups is 1. The molecule has 0 N–H and O–H groups in total. The number of aromatic nitrogens is 2. The van der Waals surface area contributed by atoms with Gasteiger partial charge in [-0.15, -0.1) is 0 Å². The number of carbonyl (C=O) groups excluding carboxylic acids is 1. The number of ether oxygens (including phenoxy) is 1. The lowest BCUT2D eigenvalue weighted by molar-refractivity contribution is 0.0700. The van der Waals surface area contributed by atoms with Crippen molar-refractivity contribution < 1.29 is 9.53 Å². The number of hydrogen-bond donors (Lipinski definition) is 0. The van der Waals surface area contributed by atoms with Crippen LogP contribution in [0, 0.1) is 12.8 Å². The van der Waals surface area contributed by atoms with Gasteiger partial charge in [-0.25, -0.2) is 4.98 Å². The van der Waals surface area contributed by atoms with Gasteiger partial charge in [0.05, 0.1) is 18.5 Å². The summed E-state index contributed by atoms with van der Waals surface area (Å²) in [6, 6.07) is 0.399. The molecule has 2 fully saturated rings. The topological polar surface area (TPSA) is 55.3 Å². The average Bonchev–Trinajstić information content (AvgIpc) is 3.13. The van der Waals surface area contributed by atoms with E-state index < -0.39 is 0 Å². The minimum Gasteiger partial charge on any atom is -0.381 e. The maximum Gasteiger partial charge on any atom is 0.274 e. The van der Waals surface area contributed by atoms with Crippen LogP contribution in [0.25, 0.3) is 0 Å². The predicted octanol–water partition coefficient (Wildman–Crippen LogP) is 1.43. The molecule has 19 heavy (non-hydrogen) atoms. The molecule has 1 aromatic heterocycles. The Bertz CT molecular complexity index is 450. The largest absolute Gasteiger partial charge is 0.381 e. The van der Waals surface area contributed by atoms with E-state index in [1.165, 1.54) is 0 Å². The van der Waals surface area contributed by atoms with Gasteiger partial charge in [0.2, 0.25) is 0 Å². The summed E-state index contributed by atoms with van der Waals surface area (Å²) in [4.78, 5) is 22.8. The number of hydrogen-bond acceptors (Lipinski definition) is 4. The highest BCUT2D eigenvalue weighted by Gasteiger charge is 2.35. The molecule has 2 aliphatic rings. The van der Waals surface area contributed by atoms with Crippen LogP contribution in [0.3, 0.4) is 0 Å². The highest BCUT2D eigenvalue weighted by Crippen LogP contribution is 2.30. The Morgan fingerprint density at radius 2 is 2.21 bits per heavy atom. The van der Waals surface area contributed by atoms with Crippen molar-refractivity contribution in [3.8, 4) is 0 Å². The van der Waals surface area contributed by atoms with Gasteiger partial charge < -0.3 is 9.64 Å². The van der Waals surface area contributed by atoms with E-state index in [2.05, 4.69) is 9.97 Å². The summed E-state index contributed by atoms with van der Waals surface area (Å²) >= 11 is 0. The lowest BCUT2D eigenvalue weighted by atomic mass is 10.1. The van der Waals surface area contributed by atoms with Gasteiger partial charge in [-0.2, -0.15) is 0 Å². The summed E-state index contributed by atoms with van der Waals surface area (Å²) in [5.41, 5.74) is 1.29. The first-order valence-corrected chi connectivity index (χ1v) is 6.91. The molecule has 0 radical (unpaired) electrons. The molecule has 1 amide bonds. The molecule has 1 aromatic rings. The highest BCUT2D eigenvalue weighted by atomic mass is 16.5. The van der Waals surface area contributed by atoms with Crippen molar-refractivity contribution in [3.63, 3.8) is 0 Å². The van der Waals surface area contributed by atoms with E-state index in [1.54, 1.807) is 12.4 Å². The Morgan fingerprint density at radius 1 is 1.37 bits per heavy atom. The van der Waals surface area contributed by atoms with Gasteiger partial charge in [0, 0.05) is 31.3 Å². The summed E-state index contributed by atoms with van der Waals surface area (Å²) < 4.78 is 5.39. The SMILES string of the molecule is Cc1cnc(C(=O)N(CC2CCOC2)C2CC2)cn1. The zero-order valence-electron chi connectivity index (χ0n) is 11.2. The van der Waals surface area contributed by atoms with Gasteiger partial charge in [-0.1, -0.05) is 0 Å². The molecule has 5 heteroatoms. The standard InChI is InChI=1S/C14H19N3O2/c1-10-6-16-13(7-15-10)14(18)17(12-2-3-12)8-11-4-5-19-9-11/h6-7,11-12H,2-5,8-9H2,1H3. The number of nitrogens with zero attached hydrogens (tertiary/aromatic N) is 3. The predicted molar refractivity (Wildman–Crippen MR) is 69.8 cm³/mol. The molecule has 5 nitrogen and oxygen atoms in total. The molecular weight excluding hydrogens is 242 g/mol. The molecule has 0 bridgehead atoms. The first kappa shape index (κ1) is 12.5. The average molecular weight is 261 g/mol. The third kappa shape index (κ3) is 2.92. The minimum absolute atomic E-state index is 0.0156. The second-order valence-electron chi connectivity index (χ2n) is 5.46. The molecule has 102 valence electrons. The van der Waals surface area contributed by atoms with Gasteiger partial charge in [0.1, 0.15) is 5.69 Å². The van der Waals surface area contributed by atoms with Crippen LogP contribution in [0.2, 0.25) is 0 Å². The summed E-state index contributed by atoms with van der Waals surface area (Å²) in [5, 5.41) is 0. The van der Waals surface area contributed by atoms with Crippen LogP contribution in [-0.2, 0) is 4.74 Å². The molecule has 0 spiro atoms. The van der Waals surface area contributed by atoms with Gasteiger partial charge in [0.15, 0.2) is 0 Å². The van der Waals surface area contributed by atoms with Crippen molar-refractivity contribution in [2.45, 2.75) is 32.2 Å². The van der Waals surface area contributed by atoms with Gasteiger partial charge >= 0.3 is 0 Å². The summed E-state index contributed by atoms with van der Waals surface area (Å²) in [6.45, 7) is 4.26. The molecule has 1 unspecified atom stereocenters. The van der Waals surface area contributed by atoms with Crippen LogP contribution in [0.15, 0.2) is 12.4 Å². The molecule has 3 rings (SSSR count). The molecule has 1 saturated heterocycles. The molecular formula is C14H19N3O2. The summed E-state index contributed by atoms with van der Waals surface area (Å²) in [6.07, 6.45) is 6.50. The van der Waals surface area contributed by atoms with E-state index >= 15 is 0 Å². The minimum atomic E-state index is 0.0156. The van der Waals surface area contributed by atoms with Gasteiger partial charge in [-0.3, -0.25) is 9.78 Å². The van der Waals surface area contributed by atoms with E-state index in [0.717, 1.165) is 44.7 Å². The van der Waals surface area contributed by atoms with E-state index in [0.29, 0.717) is 17.7 Å². The van der Waals surface area contributed by atoms with Crippen molar-refractivity contribution in [1.82, 2.24) is 14.9 Å². The number of aryl methyl sites for hydroxylation is 1. The lowest BCUT2D eigenvalue weighted by Gasteiger charge is -2.24. The molecule has 1 aliphatic heterocycles. The lowest BCUT2D eigenvalue weighted by Crippen LogP contribution is -2.38. The van der Waals surface area contributed by atoms with Gasteiger partial charge in [-0.05, 0) is 26.2 Å². The zero-order valence-corrected chi connectivity index (χ0v) is 11.2. The fourth-order valence-corrected chi connectivity index (χ4v) is 2.44. The van der Waals surface area contributed by atoms with E-state index in [9.17, 15) is 4.79 Å². The molecule has 1 aliphatic carbocycles. The zero-order chi connectivity index (χ0) is 13.2. The number of rotatable bonds is 4. The van der Waals surface area contributed by atoms with Crippen LogP contribution in [0.1, 0.15) is 35.4 Å². The maximum absolute atomic E-state index is 12.5. The highest BCUT2D eigenvalue weighted by molar-refractivity contribution is 5.92. The summed E-state index contributed by atoms with van der Waals surface area (Å²) in [5.74, 6) is 0.491. The van der Waals surface area contributed by atoms with E-state index in [4.69, 9.17) is 4.74 Å². The quantitative estimate of drug-likeness (QED) is 0.822. The second kappa shape index (κ2) is 5.25.